The summed E-state index contributed by atoms with van der Waals surface area (Å²) in [5.74, 6) is -0.231. The lowest BCUT2D eigenvalue weighted by molar-refractivity contribution is 0.627. The lowest BCUT2D eigenvalue weighted by Crippen LogP contribution is -2.03. The third-order valence-corrected chi connectivity index (χ3v) is 2.92. The summed E-state index contributed by atoms with van der Waals surface area (Å²) in [5, 5.41) is 0. The Morgan fingerprint density at radius 2 is 1.65 bits per heavy atom. The monoisotopic (exact) mass is 230 g/mol. The van der Waals surface area contributed by atoms with Crippen LogP contribution >= 0.6 is 0 Å². The Morgan fingerprint density at radius 3 is 2.29 bits per heavy atom. The van der Waals surface area contributed by atoms with Gasteiger partial charge in [-0.25, -0.2) is 4.39 Å². The first-order chi connectivity index (χ1) is 8.08. The van der Waals surface area contributed by atoms with Crippen molar-refractivity contribution in [1.82, 2.24) is 0 Å². The molecule has 2 nitrogen and oxygen atoms in total. The fraction of sp³-hybridized carbons (Fsp3) is 0.143. The van der Waals surface area contributed by atoms with E-state index in [0.717, 1.165) is 16.7 Å². The number of benzene rings is 2. The Morgan fingerprint density at radius 1 is 1.00 bits per heavy atom. The minimum absolute atomic E-state index is 0.231. The zero-order chi connectivity index (χ0) is 12.4. The fourth-order valence-corrected chi connectivity index (χ4v) is 1.83. The third-order valence-electron chi connectivity index (χ3n) is 2.92. The molecule has 17 heavy (non-hydrogen) atoms. The van der Waals surface area contributed by atoms with E-state index in [1.54, 1.807) is 18.2 Å². The van der Waals surface area contributed by atoms with Gasteiger partial charge in [0.1, 0.15) is 5.82 Å². The molecule has 0 saturated heterocycles. The summed E-state index contributed by atoms with van der Waals surface area (Å²) in [5.41, 5.74) is 16.1. The smallest absolute Gasteiger partial charge is 0.123 e. The van der Waals surface area contributed by atoms with E-state index in [4.69, 9.17) is 11.5 Å². The molecular weight excluding hydrogens is 215 g/mol. The van der Waals surface area contributed by atoms with Crippen LogP contribution in [-0.2, 0) is 6.42 Å². The van der Waals surface area contributed by atoms with Gasteiger partial charge in [0.15, 0.2) is 0 Å². The summed E-state index contributed by atoms with van der Waals surface area (Å²) in [6, 6.07) is 10.2. The Balaban J connectivity index is 2.36. The molecule has 0 radical (unpaired) electrons. The summed E-state index contributed by atoms with van der Waals surface area (Å²) in [6.07, 6.45) is 0.670. The van der Waals surface area contributed by atoms with E-state index in [9.17, 15) is 4.39 Å². The average molecular weight is 230 g/mol. The van der Waals surface area contributed by atoms with Crippen molar-refractivity contribution in [3.8, 4) is 0 Å². The summed E-state index contributed by atoms with van der Waals surface area (Å²) in [4.78, 5) is 0. The molecule has 0 heterocycles. The number of rotatable bonds is 2. The number of aryl methyl sites for hydroxylation is 1. The quantitative estimate of drug-likeness (QED) is 0.779. The predicted molar refractivity (Wildman–Crippen MR) is 69.2 cm³/mol. The zero-order valence-electron chi connectivity index (χ0n) is 9.70. The number of nitrogen functional groups attached to an aromatic ring is 2. The van der Waals surface area contributed by atoms with E-state index in [1.165, 1.54) is 12.1 Å². The summed E-state index contributed by atoms with van der Waals surface area (Å²) >= 11 is 0. The van der Waals surface area contributed by atoms with E-state index < -0.39 is 0 Å². The van der Waals surface area contributed by atoms with Gasteiger partial charge in [-0.3, -0.25) is 0 Å². The van der Waals surface area contributed by atoms with Crippen molar-refractivity contribution in [2.24, 2.45) is 0 Å². The highest BCUT2D eigenvalue weighted by atomic mass is 19.1. The van der Waals surface area contributed by atoms with Crippen LogP contribution in [0.25, 0.3) is 0 Å². The van der Waals surface area contributed by atoms with Crippen LogP contribution in [0.15, 0.2) is 36.4 Å². The second-order valence-electron chi connectivity index (χ2n) is 4.17. The lowest BCUT2D eigenvalue weighted by atomic mass is 9.98. The topological polar surface area (TPSA) is 52.0 Å². The van der Waals surface area contributed by atoms with Crippen LogP contribution in [0.2, 0.25) is 0 Å². The molecule has 2 rings (SSSR count). The van der Waals surface area contributed by atoms with Crippen molar-refractivity contribution in [2.45, 2.75) is 13.3 Å². The Labute approximate surface area is 100 Å². The maximum Gasteiger partial charge on any atom is 0.123 e. The molecule has 0 aliphatic rings. The maximum absolute atomic E-state index is 12.8. The maximum atomic E-state index is 12.8. The lowest BCUT2D eigenvalue weighted by Gasteiger charge is -2.11. The van der Waals surface area contributed by atoms with Gasteiger partial charge in [-0.05, 0) is 48.2 Å². The van der Waals surface area contributed by atoms with Crippen LogP contribution in [-0.4, -0.2) is 0 Å². The van der Waals surface area contributed by atoms with Crippen LogP contribution < -0.4 is 11.5 Å². The Hall–Kier alpha value is -2.03. The van der Waals surface area contributed by atoms with E-state index in [0.29, 0.717) is 17.8 Å². The minimum Gasteiger partial charge on any atom is -0.397 e. The van der Waals surface area contributed by atoms with Crippen LogP contribution in [0.3, 0.4) is 0 Å². The molecule has 3 heteroatoms. The van der Waals surface area contributed by atoms with Gasteiger partial charge in [0.25, 0.3) is 0 Å². The van der Waals surface area contributed by atoms with Crippen molar-refractivity contribution in [1.29, 1.82) is 0 Å². The van der Waals surface area contributed by atoms with Gasteiger partial charge < -0.3 is 11.5 Å². The van der Waals surface area contributed by atoms with E-state index >= 15 is 0 Å². The molecule has 88 valence electrons. The average Bonchev–Trinajstić information content (AvgIpc) is 2.32. The van der Waals surface area contributed by atoms with Crippen LogP contribution in [0, 0.1) is 12.7 Å². The molecular formula is C14H15FN2. The van der Waals surface area contributed by atoms with E-state index in [-0.39, 0.29) is 5.82 Å². The summed E-state index contributed by atoms with van der Waals surface area (Å²) < 4.78 is 12.8. The summed E-state index contributed by atoms with van der Waals surface area (Å²) in [6.45, 7) is 1.99. The second-order valence-corrected chi connectivity index (χ2v) is 4.17. The standard InChI is InChI=1S/C14H15FN2/c1-9-2-7-13(16)14(17)12(9)8-10-3-5-11(15)6-4-10/h2-7H,8,16-17H2,1H3. The normalized spacial score (nSPS) is 10.5. The van der Waals surface area contributed by atoms with Crippen molar-refractivity contribution in [3.05, 3.63) is 58.9 Å². The summed E-state index contributed by atoms with van der Waals surface area (Å²) in [7, 11) is 0. The molecule has 2 aromatic carbocycles. The van der Waals surface area contributed by atoms with E-state index in [2.05, 4.69) is 0 Å². The zero-order valence-corrected chi connectivity index (χ0v) is 9.70. The van der Waals surface area contributed by atoms with Gasteiger partial charge in [-0.1, -0.05) is 18.2 Å². The first-order valence-corrected chi connectivity index (χ1v) is 5.46. The SMILES string of the molecule is Cc1ccc(N)c(N)c1Cc1ccc(F)cc1. The molecule has 0 amide bonds. The van der Waals surface area contributed by atoms with Gasteiger partial charge in [0.05, 0.1) is 11.4 Å². The molecule has 0 unspecified atom stereocenters. The second kappa shape index (κ2) is 4.45. The van der Waals surface area contributed by atoms with Crippen LogP contribution in [0.5, 0.6) is 0 Å². The number of hydrogen-bond donors (Lipinski definition) is 2. The number of halogens is 1. The molecule has 4 N–H and O–H groups in total. The highest BCUT2D eigenvalue weighted by Gasteiger charge is 2.07. The molecule has 0 atom stereocenters. The molecule has 2 aromatic rings. The molecule has 0 fully saturated rings. The largest absolute Gasteiger partial charge is 0.397 e. The van der Waals surface area contributed by atoms with Crippen molar-refractivity contribution >= 4 is 11.4 Å². The number of hydrogen-bond acceptors (Lipinski definition) is 2. The van der Waals surface area contributed by atoms with Gasteiger partial charge in [0.2, 0.25) is 0 Å². The molecule has 0 aliphatic carbocycles. The molecule has 0 bridgehead atoms. The number of nitrogens with two attached hydrogens (primary N) is 2. The third kappa shape index (κ3) is 2.38. The van der Waals surface area contributed by atoms with Gasteiger partial charge in [0, 0.05) is 0 Å². The highest BCUT2D eigenvalue weighted by molar-refractivity contribution is 5.69. The van der Waals surface area contributed by atoms with Gasteiger partial charge in [-0.15, -0.1) is 0 Å². The molecule has 0 aromatic heterocycles. The van der Waals surface area contributed by atoms with Crippen molar-refractivity contribution in [3.63, 3.8) is 0 Å². The van der Waals surface area contributed by atoms with Gasteiger partial charge >= 0.3 is 0 Å². The van der Waals surface area contributed by atoms with Crippen LogP contribution in [0.1, 0.15) is 16.7 Å². The predicted octanol–water partition coefficient (Wildman–Crippen LogP) is 2.89. The fourth-order valence-electron chi connectivity index (χ4n) is 1.83. The molecule has 0 saturated carbocycles. The van der Waals surface area contributed by atoms with Crippen LogP contribution in [0.4, 0.5) is 15.8 Å². The first kappa shape index (κ1) is 11.5. The Bertz CT molecular complexity index is 533. The number of anilines is 2. The molecule has 0 spiro atoms. The first-order valence-electron chi connectivity index (χ1n) is 5.46. The van der Waals surface area contributed by atoms with Crippen molar-refractivity contribution in [2.75, 3.05) is 11.5 Å². The highest BCUT2D eigenvalue weighted by Crippen LogP contribution is 2.25. The van der Waals surface area contributed by atoms with Gasteiger partial charge in [-0.2, -0.15) is 0 Å². The molecule has 0 aliphatic heterocycles. The Kier molecular flexibility index (Phi) is 3.00. The minimum atomic E-state index is -0.231. The van der Waals surface area contributed by atoms with Crippen molar-refractivity contribution < 1.29 is 4.39 Å². The van der Waals surface area contributed by atoms with E-state index in [1.807, 2.05) is 13.0 Å².